The highest BCUT2D eigenvalue weighted by molar-refractivity contribution is 7.90. The minimum absolute atomic E-state index is 0.0524. The monoisotopic (exact) mass is 611 g/mol. The number of nitrogens with two attached hydrogens (primary N) is 1. The number of alkyl halides is 1. The number of benzene rings is 3. The summed E-state index contributed by atoms with van der Waals surface area (Å²) in [6.45, 7) is 5.27. The van der Waals surface area contributed by atoms with Crippen molar-refractivity contribution < 1.29 is 17.6 Å². The quantitative estimate of drug-likeness (QED) is 0.245. The van der Waals surface area contributed by atoms with Crippen LogP contribution in [0.1, 0.15) is 39.4 Å². The zero-order valence-electron chi connectivity index (χ0n) is 24.2. The molecular formula is C32H30FN7O3S. The number of imidazole rings is 1. The van der Waals surface area contributed by atoms with E-state index in [4.69, 9.17) is 5.73 Å². The molecule has 4 heterocycles. The number of ketones is 1. The number of rotatable bonds is 7. The highest BCUT2D eigenvalue weighted by Gasteiger charge is 2.30. The van der Waals surface area contributed by atoms with E-state index in [0.29, 0.717) is 42.6 Å². The molecule has 1 fully saturated rings. The summed E-state index contributed by atoms with van der Waals surface area (Å²) in [7, 11) is -4.19. The third-order valence-electron chi connectivity index (χ3n) is 8.11. The zero-order valence-corrected chi connectivity index (χ0v) is 25.0. The number of nitrogens with one attached hydrogen (secondary N) is 1. The first-order valence-corrected chi connectivity index (χ1v) is 15.7. The molecule has 1 aliphatic rings. The van der Waals surface area contributed by atoms with Gasteiger partial charge in [0.2, 0.25) is 5.78 Å². The molecule has 3 N–H and O–H groups in total. The zero-order chi connectivity index (χ0) is 30.7. The van der Waals surface area contributed by atoms with Crippen LogP contribution in [0.4, 0.5) is 10.2 Å². The van der Waals surface area contributed by atoms with Crippen LogP contribution < -0.4 is 5.73 Å². The first kappa shape index (κ1) is 28.0. The Bertz CT molecular complexity index is 2180. The number of hydrogen-bond donors (Lipinski definition) is 2. The van der Waals surface area contributed by atoms with E-state index in [1.807, 2.05) is 43.0 Å². The van der Waals surface area contributed by atoms with Gasteiger partial charge in [0.15, 0.2) is 0 Å². The number of likely N-dealkylation sites (tertiary alicyclic amines) is 1. The van der Waals surface area contributed by atoms with E-state index in [1.54, 1.807) is 30.3 Å². The molecule has 0 aliphatic carbocycles. The number of aromatic nitrogens is 5. The van der Waals surface area contributed by atoms with Crippen molar-refractivity contribution in [1.82, 2.24) is 28.6 Å². The average Bonchev–Trinajstić information content (AvgIpc) is 3.77. The molecule has 12 heteroatoms. The molecule has 3 aromatic carbocycles. The number of anilines is 1. The fourth-order valence-electron chi connectivity index (χ4n) is 5.89. The van der Waals surface area contributed by atoms with Crippen molar-refractivity contribution in [3.05, 3.63) is 101 Å². The van der Waals surface area contributed by atoms with E-state index in [2.05, 4.69) is 15.1 Å². The second-order valence-corrected chi connectivity index (χ2v) is 13.1. The molecule has 0 saturated carbocycles. The molecule has 1 atom stereocenters. The number of hydrogen-bond acceptors (Lipinski definition) is 7. The van der Waals surface area contributed by atoms with Crippen molar-refractivity contribution in [3.63, 3.8) is 0 Å². The predicted molar refractivity (Wildman–Crippen MR) is 166 cm³/mol. The summed E-state index contributed by atoms with van der Waals surface area (Å²) in [6, 6.07) is 18.9. The Kier molecular flexibility index (Phi) is 6.63. The smallest absolute Gasteiger partial charge is 0.268 e. The molecule has 0 amide bonds. The lowest BCUT2D eigenvalue weighted by atomic mass is 10.1. The van der Waals surface area contributed by atoms with Gasteiger partial charge in [-0.1, -0.05) is 23.8 Å². The van der Waals surface area contributed by atoms with E-state index in [-0.39, 0.29) is 22.0 Å². The number of halogens is 1. The minimum atomic E-state index is -4.19. The van der Waals surface area contributed by atoms with Crippen LogP contribution in [-0.4, -0.2) is 62.1 Å². The van der Waals surface area contributed by atoms with E-state index >= 15 is 0 Å². The van der Waals surface area contributed by atoms with Gasteiger partial charge < -0.3 is 10.7 Å². The van der Waals surface area contributed by atoms with Crippen LogP contribution in [0, 0.1) is 13.8 Å². The maximum Gasteiger partial charge on any atom is 0.268 e. The van der Waals surface area contributed by atoms with Crippen LogP contribution in [0.5, 0.6) is 0 Å². The van der Waals surface area contributed by atoms with Gasteiger partial charge in [0.25, 0.3) is 10.0 Å². The SMILES string of the molecule is Cc1ccc(S(=O)(=O)n2c(C(=O)c3cnn(-c4ccc5nc(C)[nH]c5c4)c3N)cc3cc(CN4CCC(F)C4)ccc32)cc1. The van der Waals surface area contributed by atoms with Gasteiger partial charge in [0.1, 0.15) is 23.5 Å². The summed E-state index contributed by atoms with van der Waals surface area (Å²) >= 11 is 0. The first-order valence-electron chi connectivity index (χ1n) is 14.3. The largest absolute Gasteiger partial charge is 0.383 e. The third kappa shape index (κ3) is 4.76. The van der Waals surface area contributed by atoms with E-state index in [9.17, 15) is 17.6 Å². The number of aryl methyl sites for hydroxylation is 2. The summed E-state index contributed by atoms with van der Waals surface area (Å²) in [4.78, 5) is 23.8. The van der Waals surface area contributed by atoms with Crippen molar-refractivity contribution in [2.24, 2.45) is 0 Å². The minimum Gasteiger partial charge on any atom is -0.383 e. The Morgan fingerprint density at radius 3 is 2.61 bits per heavy atom. The lowest BCUT2D eigenvalue weighted by Crippen LogP contribution is -2.20. The first-order chi connectivity index (χ1) is 21.1. The fraction of sp³-hybridized carbons (Fsp3) is 0.219. The van der Waals surface area contributed by atoms with Crippen molar-refractivity contribution in [1.29, 1.82) is 0 Å². The molecule has 0 radical (unpaired) electrons. The van der Waals surface area contributed by atoms with Gasteiger partial charge in [0.05, 0.1) is 38.9 Å². The number of aromatic amines is 1. The van der Waals surface area contributed by atoms with Crippen LogP contribution in [0.25, 0.3) is 27.6 Å². The Labute approximate surface area is 253 Å². The second kappa shape index (κ2) is 10.4. The number of nitrogen functional groups attached to an aromatic ring is 1. The standard InChI is InChI=1S/C32H30FN7O3S/c1-19-3-7-25(8-4-19)44(42,43)40-29-10-5-21(17-38-12-11-23(33)18-38)13-22(29)14-30(40)31(41)26-16-35-39(32(26)34)24-6-9-27-28(15-24)37-20(2)36-27/h3-10,13-16,23H,11-12,17-18,34H2,1-2H3,(H,36,37). The van der Waals surface area contributed by atoms with Crippen LogP contribution in [0.2, 0.25) is 0 Å². The Balaban J connectivity index is 1.34. The van der Waals surface area contributed by atoms with Gasteiger partial charge in [-0.3, -0.25) is 9.69 Å². The van der Waals surface area contributed by atoms with Gasteiger partial charge in [-0.05, 0) is 74.4 Å². The van der Waals surface area contributed by atoms with Gasteiger partial charge in [-0.2, -0.15) is 5.10 Å². The summed E-state index contributed by atoms with van der Waals surface area (Å²) in [5.74, 6) is 0.255. The molecule has 7 rings (SSSR count). The Hall–Kier alpha value is -4.81. The number of nitrogens with zero attached hydrogens (tertiary/aromatic N) is 5. The van der Waals surface area contributed by atoms with Crippen LogP contribution in [0.15, 0.2) is 77.8 Å². The van der Waals surface area contributed by atoms with Crippen molar-refractivity contribution in [2.45, 2.75) is 37.9 Å². The molecule has 0 spiro atoms. The van der Waals surface area contributed by atoms with Gasteiger partial charge in [0, 0.05) is 25.0 Å². The number of fused-ring (bicyclic) bond motifs is 2. The van der Waals surface area contributed by atoms with E-state index < -0.39 is 22.0 Å². The molecule has 1 unspecified atom stereocenters. The Morgan fingerprint density at radius 1 is 1.07 bits per heavy atom. The van der Waals surface area contributed by atoms with Gasteiger partial charge >= 0.3 is 0 Å². The second-order valence-electron chi connectivity index (χ2n) is 11.3. The summed E-state index contributed by atoms with van der Waals surface area (Å²) in [5.41, 5.74) is 10.8. The molecule has 44 heavy (non-hydrogen) atoms. The van der Waals surface area contributed by atoms with Crippen LogP contribution in [-0.2, 0) is 16.6 Å². The topological polar surface area (TPSA) is 132 Å². The predicted octanol–water partition coefficient (Wildman–Crippen LogP) is 4.91. The summed E-state index contributed by atoms with van der Waals surface area (Å²) in [5, 5.41) is 4.95. The number of H-pyrrole nitrogens is 1. The van der Waals surface area contributed by atoms with Crippen LogP contribution >= 0.6 is 0 Å². The highest BCUT2D eigenvalue weighted by Crippen LogP contribution is 2.31. The van der Waals surface area contributed by atoms with Gasteiger partial charge in [-0.15, -0.1) is 0 Å². The summed E-state index contributed by atoms with van der Waals surface area (Å²) in [6.07, 6.45) is 1.00. The third-order valence-corrected chi connectivity index (χ3v) is 9.86. The molecule has 0 bridgehead atoms. The number of carbonyl (C=O) groups is 1. The fourth-order valence-corrected chi connectivity index (χ4v) is 7.40. The lowest BCUT2D eigenvalue weighted by molar-refractivity contribution is 0.103. The highest BCUT2D eigenvalue weighted by atomic mass is 32.2. The Morgan fingerprint density at radius 2 is 1.86 bits per heavy atom. The molecule has 1 aliphatic heterocycles. The van der Waals surface area contributed by atoms with E-state index in [1.165, 1.54) is 23.0 Å². The van der Waals surface area contributed by atoms with Crippen molar-refractivity contribution in [3.8, 4) is 5.69 Å². The van der Waals surface area contributed by atoms with Gasteiger partial charge in [-0.25, -0.2) is 26.4 Å². The van der Waals surface area contributed by atoms with E-state index in [0.717, 1.165) is 32.0 Å². The normalized spacial score (nSPS) is 15.9. The van der Waals surface area contributed by atoms with Crippen molar-refractivity contribution in [2.75, 3.05) is 18.8 Å². The van der Waals surface area contributed by atoms with Crippen LogP contribution in [0.3, 0.4) is 0 Å². The molecule has 6 aromatic rings. The number of carbonyl (C=O) groups excluding carboxylic acids is 1. The molecule has 224 valence electrons. The molecule has 1 saturated heterocycles. The molecular weight excluding hydrogens is 581 g/mol. The maximum atomic E-state index is 14.2. The summed E-state index contributed by atoms with van der Waals surface area (Å²) < 4.78 is 44.6. The van der Waals surface area contributed by atoms with Crippen molar-refractivity contribution >= 4 is 43.6 Å². The average molecular weight is 612 g/mol. The maximum absolute atomic E-state index is 14.2. The lowest BCUT2D eigenvalue weighted by Gasteiger charge is -2.15. The molecule has 10 nitrogen and oxygen atoms in total. The molecule has 3 aromatic heterocycles.